The van der Waals surface area contributed by atoms with Gasteiger partial charge < -0.3 is 4.57 Å². The zero-order chi connectivity index (χ0) is 12.4. The van der Waals surface area contributed by atoms with Gasteiger partial charge >= 0.3 is 0 Å². The van der Waals surface area contributed by atoms with Crippen molar-refractivity contribution in [1.82, 2.24) is 9.55 Å². The molecule has 90 valence electrons. The summed E-state index contributed by atoms with van der Waals surface area (Å²) in [4.78, 5) is 16.2. The van der Waals surface area contributed by atoms with E-state index in [1.807, 2.05) is 19.9 Å². The molecule has 3 nitrogen and oxygen atoms in total. The molecule has 2 rings (SSSR count). The molecule has 0 aliphatic heterocycles. The maximum absolute atomic E-state index is 12.4. The molecular weight excluding hydrogens is 219 g/mol. The Hall–Kier alpha value is -1.71. The molecule has 0 aromatic carbocycles. The quantitative estimate of drug-likeness (QED) is 0.762. The summed E-state index contributed by atoms with van der Waals surface area (Å²) in [6, 6.07) is 3.64. The smallest absolute Gasteiger partial charge is 0.167 e. The predicted octanol–water partition coefficient (Wildman–Crippen LogP) is 2.84. The molecule has 2 heterocycles. The van der Waals surface area contributed by atoms with E-state index < -0.39 is 6.67 Å². The molecule has 0 aliphatic carbocycles. The number of hydrogen-bond acceptors (Lipinski definition) is 2. The summed E-state index contributed by atoms with van der Waals surface area (Å²) in [7, 11) is 0. The van der Waals surface area contributed by atoms with Crippen LogP contribution < -0.4 is 0 Å². The summed E-state index contributed by atoms with van der Waals surface area (Å²) in [6.07, 6.45) is 3.36. The first-order chi connectivity index (χ1) is 8.15. The highest BCUT2D eigenvalue weighted by Gasteiger charge is 2.17. The first kappa shape index (κ1) is 11.8. The molecule has 0 saturated carbocycles. The lowest BCUT2D eigenvalue weighted by Gasteiger charge is -2.01. The van der Waals surface area contributed by atoms with E-state index in [0.29, 0.717) is 11.2 Å². The van der Waals surface area contributed by atoms with Gasteiger partial charge in [0, 0.05) is 29.3 Å². The van der Waals surface area contributed by atoms with Crippen molar-refractivity contribution in [3.63, 3.8) is 0 Å². The first-order valence-electron chi connectivity index (χ1n) is 5.69. The van der Waals surface area contributed by atoms with Crippen molar-refractivity contribution in [2.24, 2.45) is 5.92 Å². The van der Waals surface area contributed by atoms with Crippen LogP contribution in [0.2, 0.25) is 0 Å². The zero-order valence-corrected chi connectivity index (χ0v) is 9.98. The molecule has 0 aliphatic rings. The minimum atomic E-state index is -0.463. The molecule has 0 saturated heterocycles. The van der Waals surface area contributed by atoms with E-state index in [0.717, 1.165) is 5.39 Å². The lowest BCUT2D eigenvalue weighted by Crippen LogP contribution is -2.06. The molecule has 17 heavy (non-hydrogen) atoms. The predicted molar refractivity (Wildman–Crippen MR) is 64.9 cm³/mol. The van der Waals surface area contributed by atoms with E-state index in [-0.39, 0.29) is 18.2 Å². The van der Waals surface area contributed by atoms with E-state index in [9.17, 15) is 9.18 Å². The highest BCUT2D eigenvalue weighted by Crippen LogP contribution is 2.22. The van der Waals surface area contributed by atoms with E-state index in [1.165, 1.54) is 0 Å². The molecule has 0 unspecified atom stereocenters. The first-order valence-corrected chi connectivity index (χ1v) is 5.69. The summed E-state index contributed by atoms with van der Waals surface area (Å²) in [6.45, 7) is 3.49. The second-order valence-corrected chi connectivity index (χ2v) is 4.32. The number of hydrogen-bond donors (Lipinski definition) is 0. The van der Waals surface area contributed by atoms with Gasteiger partial charge in [0.05, 0.1) is 6.54 Å². The third kappa shape index (κ3) is 2.07. The average Bonchev–Trinajstić information content (AvgIpc) is 2.68. The number of carbonyl (C=O) groups excluding carboxylic acids is 1. The number of aryl methyl sites for hydroxylation is 1. The van der Waals surface area contributed by atoms with Gasteiger partial charge in [-0.3, -0.25) is 4.79 Å². The minimum absolute atomic E-state index is 0.0698. The van der Waals surface area contributed by atoms with Gasteiger partial charge in [-0.15, -0.1) is 0 Å². The monoisotopic (exact) mass is 234 g/mol. The Kier molecular flexibility index (Phi) is 3.22. The van der Waals surface area contributed by atoms with Crippen molar-refractivity contribution in [2.45, 2.75) is 20.4 Å². The molecule has 0 spiro atoms. The summed E-state index contributed by atoms with van der Waals surface area (Å²) < 4.78 is 14.1. The fraction of sp³-hybridized carbons (Fsp3) is 0.385. The lowest BCUT2D eigenvalue weighted by atomic mass is 10.0. The van der Waals surface area contributed by atoms with Crippen molar-refractivity contribution in [3.8, 4) is 0 Å². The van der Waals surface area contributed by atoms with Crippen LogP contribution in [0, 0.1) is 5.92 Å². The molecule has 0 atom stereocenters. The fourth-order valence-electron chi connectivity index (χ4n) is 1.89. The van der Waals surface area contributed by atoms with E-state index in [4.69, 9.17) is 0 Å². The summed E-state index contributed by atoms with van der Waals surface area (Å²) in [5, 5.41) is 0.805. The molecule has 0 amide bonds. The van der Waals surface area contributed by atoms with Crippen molar-refractivity contribution >= 4 is 16.8 Å². The van der Waals surface area contributed by atoms with Gasteiger partial charge in [0.1, 0.15) is 12.3 Å². The largest absolute Gasteiger partial charge is 0.329 e. The van der Waals surface area contributed by atoms with Gasteiger partial charge in [-0.2, -0.15) is 0 Å². The number of nitrogens with zero attached hydrogens (tertiary/aromatic N) is 2. The Morgan fingerprint density at radius 2 is 2.29 bits per heavy atom. The molecule has 2 aromatic heterocycles. The van der Waals surface area contributed by atoms with Crippen molar-refractivity contribution in [2.75, 3.05) is 6.67 Å². The van der Waals surface area contributed by atoms with E-state index in [2.05, 4.69) is 4.98 Å². The molecule has 0 radical (unpaired) electrons. The number of carbonyl (C=O) groups is 1. The highest BCUT2D eigenvalue weighted by atomic mass is 19.1. The molecule has 0 N–H and O–H groups in total. The van der Waals surface area contributed by atoms with E-state index >= 15 is 0 Å². The normalized spacial score (nSPS) is 11.3. The summed E-state index contributed by atoms with van der Waals surface area (Å²) in [5.74, 6) is 0.000223. The summed E-state index contributed by atoms with van der Waals surface area (Å²) >= 11 is 0. The van der Waals surface area contributed by atoms with Gasteiger partial charge in [0.25, 0.3) is 0 Å². The van der Waals surface area contributed by atoms with Crippen molar-refractivity contribution in [3.05, 3.63) is 30.1 Å². The fourth-order valence-corrected chi connectivity index (χ4v) is 1.89. The van der Waals surface area contributed by atoms with Gasteiger partial charge in [-0.25, -0.2) is 9.37 Å². The minimum Gasteiger partial charge on any atom is -0.329 e. The second kappa shape index (κ2) is 4.65. The Bertz CT molecular complexity index is 545. The van der Waals surface area contributed by atoms with Crippen molar-refractivity contribution in [1.29, 1.82) is 0 Å². The Balaban J connectivity index is 2.60. The lowest BCUT2D eigenvalue weighted by molar-refractivity contribution is 0.0941. The number of pyridine rings is 1. The highest BCUT2D eigenvalue weighted by molar-refractivity contribution is 6.08. The SMILES string of the molecule is CC(C)C(=O)c1cn(CCF)c2ncccc12. The number of halogens is 1. The second-order valence-electron chi connectivity index (χ2n) is 4.32. The van der Waals surface area contributed by atoms with Crippen LogP contribution in [0.5, 0.6) is 0 Å². The number of Topliss-reactive ketones (excluding diaryl/α,β-unsaturated/α-hetero) is 1. The Morgan fingerprint density at radius 1 is 1.53 bits per heavy atom. The number of aromatic nitrogens is 2. The van der Waals surface area contributed by atoms with Crippen molar-refractivity contribution < 1.29 is 9.18 Å². The molecular formula is C13H15FN2O. The van der Waals surface area contributed by atoms with Crippen LogP contribution in [0.4, 0.5) is 4.39 Å². The van der Waals surface area contributed by atoms with Crippen LogP contribution in [-0.4, -0.2) is 22.0 Å². The number of fused-ring (bicyclic) bond motifs is 1. The Morgan fingerprint density at radius 3 is 2.94 bits per heavy atom. The van der Waals surface area contributed by atoms with E-state index in [1.54, 1.807) is 23.0 Å². The molecule has 0 bridgehead atoms. The summed E-state index contributed by atoms with van der Waals surface area (Å²) in [5.41, 5.74) is 1.31. The third-order valence-corrected chi connectivity index (χ3v) is 2.75. The van der Waals surface area contributed by atoms with Crippen LogP contribution in [0.1, 0.15) is 24.2 Å². The van der Waals surface area contributed by atoms with Crippen LogP contribution in [0.25, 0.3) is 11.0 Å². The standard InChI is InChI=1S/C13H15FN2O/c1-9(2)12(17)11-8-16(7-5-14)13-10(11)4-3-6-15-13/h3-4,6,8-9H,5,7H2,1-2H3. The maximum atomic E-state index is 12.4. The average molecular weight is 234 g/mol. The van der Waals surface area contributed by atoms with Crippen LogP contribution >= 0.6 is 0 Å². The van der Waals surface area contributed by atoms with Gasteiger partial charge in [-0.1, -0.05) is 13.8 Å². The third-order valence-electron chi connectivity index (χ3n) is 2.75. The Labute approximate surface area is 99.3 Å². The number of alkyl halides is 1. The van der Waals surface area contributed by atoms with Gasteiger partial charge in [0.15, 0.2) is 5.78 Å². The van der Waals surface area contributed by atoms with Crippen LogP contribution in [0.3, 0.4) is 0 Å². The van der Waals surface area contributed by atoms with Gasteiger partial charge in [-0.05, 0) is 12.1 Å². The number of ketones is 1. The topological polar surface area (TPSA) is 34.9 Å². The zero-order valence-electron chi connectivity index (χ0n) is 9.98. The maximum Gasteiger partial charge on any atom is 0.167 e. The van der Waals surface area contributed by atoms with Gasteiger partial charge in [0.2, 0.25) is 0 Å². The number of rotatable bonds is 4. The molecule has 2 aromatic rings. The molecule has 0 fully saturated rings. The molecule has 4 heteroatoms. The van der Waals surface area contributed by atoms with Crippen LogP contribution in [-0.2, 0) is 6.54 Å². The van der Waals surface area contributed by atoms with Crippen LogP contribution in [0.15, 0.2) is 24.5 Å².